The lowest BCUT2D eigenvalue weighted by Gasteiger charge is -2.12. The Bertz CT molecular complexity index is 863. The van der Waals surface area contributed by atoms with Crippen molar-refractivity contribution in [3.05, 3.63) is 65.6 Å². The fourth-order valence-corrected chi connectivity index (χ4v) is 3.31. The van der Waals surface area contributed by atoms with Gasteiger partial charge in [0.15, 0.2) is 5.96 Å². The zero-order valence-electron chi connectivity index (χ0n) is 15.6. The maximum Gasteiger partial charge on any atom is 0.191 e. The van der Waals surface area contributed by atoms with E-state index in [1.54, 1.807) is 22.7 Å². The third-order valence-corrected chi connectivity index (χ3v) is 5.17. The van der Waals surface area contributed by atoms with Gasteiger partial charge in [-0.2, -0.15) is 5.10 Å². The summed E-state index contributed by atoms with van der Waals surface area (Å²) in [5.41, 5.74) is 0. The van der Waals surface area contributed by atoms with Gasteiger partial charge >= 0.3 is 0 Å². The molecule has 0 radical (unpaired) electrons. The Morgan fingerprint density at radius 3 is 2.75 bits per heavy atom. The molecule has 148 valence electrons. The number of furan rings is 1. The molecule has 0 saturated heterocycles. The molecule has 1 aromatic carbocycles. The first-order valence-corrected chi connectivity index (χ1v) is 10.3. The fraction of sp³-hybridized carbons (Fsp3) is 0.316. The Balaban J connectivity index is 1.49. The predicted octanol–water partition coefficient (Wildman–Crippen LogP) is 3.13. The van der Waals surface area contributed by atoms with Crippen molar-refractivity contribution in [1.82, 2.24) is 25.4 Å². The van der Waals surface area contributed by atoms with Gasteiger partial charge in [-0.05, 0) is 36.4 Å². The summed E-state index contributed by atoms with van der Waals surface area (Å²) in [5, 5.41) is 11.5. The first kappa shape index (κ1) is 20.3. The minimum atomic E-state index is 0.455. The van der Waals surface area contributed by atoms with Gasteiger partial charge in [0, 0.05) is 42.2 Å². The molecule has 0 amide bonds. The molecule has 0 fully saturated rings. The number of aryl methyl sites for hydroxylation is 1. The van der Waals surface area contributed by atoms with E-state index in [1.807, 2.05) is 43.4 Å². The van der Waals surface area contributed by atoms with Gasteiger partial charge in [0.25, 0.3) is 0 Å². The molecular weight excluding hydrogens is 396 g/mol. The van der Waals surface area contributed by atoms with Crippen LogP contribution >= 0.6 is 23.4 Å². The summed E-state index contributed by atoms with van der Waals surface area (Å²) in [6.45, 7) is 1.96. The Morgan fingerprint density at radius 1 is 1.21 bits per heavy atom. The number of nitrogens with one attached hydrogen (secondary N) is 2. The highest BCUT2D eigenvalue weighted by Crippen LogP contribution is 2.19. The van der Waals surface area contributed by atoms with Crippen LogP contribution in [0.3, 0.4) is 0 Å². The van der Waals surface area contributed by atoms with E-state index in [9.17, 15) is 0 Å². The lowest BCUT2D eigenvalue weighted by atomic mass is 10.3. The van der Waals surface area contributed by atoms with Crippen LogP contribution in [0.4, 0.5) is 0 Å². The number of aliphatic imine (C=N–C) groups is 1. The molecule has 0 aliphatic heterocycles. The van der Waals surface area contributed by atoms with Crippen LogP contribution < -0.4 is 10.6 Å². The summed E-state index contributed by atoms with van der Waals surface area (Å²) >= 11 is 7.69. The second-order valence-corrected chi connectivity index (χ2v) is 7.55. The molecule has 0 atom stereocenters. The van der Waals surface area contributed by atoms with Gasteiger partial charge < -0.3 is 15.1 Å². The number of thioether (sulfide) groups is 1. The molecule has 0 spiro atoms. The van der Waals surface area contributed by atoms with Crippen molar-refractivity contribution in [3.8, 4) is 0 Å². The quantitative estimate of drug-likeness (QED) is 0.240. The van der Waals surface area contributed by atoms with Gasteiger partial charge in [0.2, 0.25) is 0 Å². The van der Waals surface area contributed by atoms with Crippen LogP contribution in [-0.4, -0.2) is 39.6 Å². The minimum Gasteiger partial charge on any atom is -0.469 e. The summed E-state index contributed by atoms with van der Waals surface area (Å²) < 4.78 is 7.09. The molecule has 2 heterocycles. The van der Waals surface area contributed by atoms with Gasteiger partial charge in [-0.25, -0.2) is 9.98 Å². The number of nitrogens with zero attached hydrogens (tertiary/aromatic N) is 4. The molecule has 28 heavy (non-hydrogen) atoms. The third-order valence-electron chi connectivity index (χ3n) is 3.90. The zero-order valence-corrected chi connectivity index (χ0v) is 17.2. The number of benzene rings is 1. The van der Waals surface area contributed by atoms with E-state index in [1.165, 1.54) is 11.2 Å². The topological polar surface area (TPSA) is 80.3 Å². The molecule has 7 nitrogen and oxygen atoms in total. The monoisotopic (exact) mass is 418 g/mol. The van der Waals surface area contributed by atoms with Crippen LogP contribution in [-0.2, 0) is 20.0 Å². The molecule has 0 bridgehead atoms. The number of hydrogen-bond acceptors (Lipinski definition) is 5. The Morgan fingerprint density at radius 2 is 2.04 bits per heavy atom. The standard InChI is InChI=1S/C19H23ClN6OS/c1-26-18(24-14-25-26)13-23-19(21-9-8-16-3-2-11-27-16)22-10-12-28-17-6-4-15(20)5-7-17/h2-7,11,14H,8-10,12-13H2,1H3,(H2,21,22,23). The van der Waals surface area contributed by atoms with Crippen molar-refractivity contribution in [1.29, 1.82) is 0 Å². The van der Waals surface area contributed by atoms with E-state index < -0.39 is 0 Å². The SMILES string of the molecule is Cn1ncnc1CN=C(NCCSc1ccc(Cl)cc1)NCCc1ccco1. The van der Waals surface area contributed by atoms with E-state index >= 15 is 0 Å². The third kappa shape index (κ3) is 6.61. The predicted molar refractivity (Wildman–Crippen MR) is 113 cm³/mol. The van der Waals surface area contributed by atoms with Gasteiger partial charge in [-0.3, -0.25) is 4.68 Å². The fourth-order valence-electron chi connectivity index (χ4n) is 2.42. The molecule has 9 heteroatoms. The number of guanidine groups is 1. The van der Waals surface area contributed by atoms with Crippen LogP contribution in [0.15, 0.2) is 63.3 Å². The Kier molecular flexibility index (Phi) is 7.81. The molecule has 0 aliphatic rings. The zero-order chi connectivity index (χ0) is 19.6. The van der Waals surface area contributed by atoms with E-state index in [4.69, 9.17) is 16.0 Å². The summed E-state index contributed by atoms with van der Waals surface area (Å²) in [6.07, 6.45) is 4.01. The second kappa shape index (κ2) is 10.8. The maximum absolute atomic E-state index is 5.92. The first-order chi connectivity index (χ1) is 13.7. The molecule has 3 aromatic rings. The van der Waals surface area contributed by atoms with E-state index in [2.05, 4.69) is 25.7 Å². The van der Waals surface area contributed by atoms with Crippen molar-refractivity contribution >= 4 is 29.3 Å². The van der Waals surface area contributed by atoms with Crippen LogP contribution in [0.5, 0.6) is 0 Å². The van der Waals surface area contributed by atoms with Gasteiger partial charge in [0.05, 0.1) is 6.26 Å². The average molecular weight is 419 g/mol. The molecule has 3 rings (SSSR count). The van der Waals surface area contributed by atoms with Gasteiger partial charge in [-0.15, -0.1) is 11.8 Å². The van der Waals surface area contributed by atoms with Crippen molar-refractivity contribution in [2.24, 2.45) is 12.0 Å². The summed E-state index contributed by atoms with van der Waals surface area (Å²) in [7, 11) is 1.86. The minimum absolute atomic E-state index is 0.455. The number of aromatic nitrogens is 3. The number of hydrogen-bond donors (Lipinski definition) is 2. The lowest BCUT2D eigenvalue weighted by molar-refractivity contribution is 0.507. The van der Waals surface area contributed by atoms with Crippen LogP contribution in [0, 0.1) is 0 Å². The summed E-state index contributed by atoms with van der Waals surface area (Å²) in [4.78, 5) is 10.0. The highest BCUT2D eigenvalue weighted by atomic mass is 35.5. The van der Waals surface area contributed by atoms with E-state index in [-0.39, 0.29) is 0 Å². The first-order valence-electron chi connectivity index (χ1n) is 8.96. The van der Waals surface area contributed by atoms with E-state index in [0.29, 0.717) is 6.54 Å². The Labute approximate surface area is 173 Å². The van der Waals surface area contributed by atoms with Crippen molar-refractivity contribution in [2.75, 3.05) is 18.8 Å². The average Bonchev–Trinajstić information content (AvgIpc) is 3.36. The highest BCUT2D eigenvalue weighted by molar-refractivity contribution is 7.99. The normalized spacial score (nSPS) is 11.6. The molecule has 2 N–H and O–H groups in total. The van der Waals surface area contributed by atoms with Crippen molar-refractivity contribution in [3.63, 3.8) is 0 Å². The molecular formula is C19H23ClN6OS. The largest absolute Gasteiger partial charge is 0.469 e. The maximum atomic E-state index is 5.92. The Hall–Kier alpha value is -2.45. The lowest BCUT2D eigenvalue weighted by Crippen LogP contribution is -2.39. The summed E-state index contributed by atoms with van der Waals surface area (Å²) in [6, 6.07) is 11.7. The van der Waals surface area contributed by atoms with Gasteiger partial charge in [-0.1, -0.05) is 11.6 Å². The smallest absolute Gasteiger partial charge is 0.191 e. The molecule has 2 aromatic heterocycles. The van der Waals surface area contributed by atoms with E-state index in [0.717, 1.165) is 47.8 Å². The molecule has 0 saturated carbocycles. The summed E-state index contributed by atoms with van der Waals surface area (Å²) in [5.74, 6) is 3.40. The van der Waals surface area contributed by atoms with Crippen molar-refractivity contribution in [2.45, 2.75) is 17.9 Å². The number of rotatable bonds is 9. The van der Waals surface area contributed by atoms with Crippen molar-refractivity contribution < 1.29 is 4.42 Å². The van der Waals surface area contributed by atoms with Crippen LogP contribution in [0.2, 0.25) is 5.02 Å². The van der Waals surface area contributed by atoms with Crippen LogP contribution in [0.1, 0.15) is 11.6 Å². The highest BCUT2D eigenvalue weighted by Gasteiger charge is 2.03. The number of halogens is 1. The molecule has 0 unspecified atom stereocenters. The van der Waals surface area contributed by atoms with Crippen LogP contribution in [0.25, 0.3) is 0 Å². The molecule has 0 aliphatic carbocycles. The second-order valence-electron chi connectivity index (χ2n) is 5.95. The van der Waals surface area contributed by atoms with Gasteiger partial charge in [0.1, 0.15) is 24.5 Å².